The minimum absolute atomic E-state index is 0.0673. The molecule has 28 heavy (non-hydrogen) atoms. The molecule has 0 saturated carbocycles. The average Bonchev–Trinajstić information content (AvgIpc) is 3.16. The molecule has 0 spiro atoms. The first-order valence-corrected chi connectivity index (χ1v) is 10.8. The standard InChI is InChI=1S/C21H25NO5S/c1-3-21(20(23)24,17-8-7-15-5-4-6-16(15)13-17)14-22-28(25,26)19-11-9-18(27-2)10-12-19/h7-13,22H,3-6,14H2,1-2H3,(H,23,24). The van der Waals surface area contributed by atoms with Crippen LogP contribution in [0.3, 0.4) is 0 Å². The summed E-state index contributed by atoms with van der Waals surface area (Å²) in [5.74, 6) is -0.490. The van der Waals surface area contributed by atoms with E-state index in [2.05, 4.69) is 4.72 Å². The fourth-order valence-electron chi connectivity index (χ4n) is 3.71. The van der Waals surface area contributed by atoms with Gasteiger partial charge in [0.2, 0.25) is 10.0 Å². The van der Waals surface area contributed by atoms with Gasteiger partial charge in [-0.1, -0.05) is 25.1 Å². The maximum Gasteiger partial charge on any atom is 0.315 e. The molecule has 2 aromatic rings. The van der Waals surface area contributed by atoms with Gasteiger partial charge in [0, 0.05) is 6.54 Å². The third-order valence-corrected chi connectivity index (χ3v) is 7.01. The number of hydrogen-bond acceptors (Lipinski definition) is 4. The third kappa shape index (κ3) is 3.77. The molecule has 2 aromatic carbocycles. The second-order valence-electron chi connectivity index (χ2n) is 7.08. The number of aryl methyl sites for hydroxylation is 2. The van der Waals surface area contributed by atoms with Crippen LogP contribution in [-0.4, -0.2) is 33.1 Å². The minimum atomic E-state index is -3.85. The molecule has 6 nitrogen and oxygen atoms in total. The summed E-state index contributed by atoms with van der Waals surface area (Å²) in [6.45, 7) is 1.55. The summed E-state index contributed by atoms with van der Waals surface area (Å²) in [5.41, 5.74) is 1.73. The number of nitrogens with one attached hydrogen (secondary N) is 1. The van der Waals surface area contributed by atoms with Crippen molar-refractivity contribution in [3.8, 4) is 5.75 Å². The van der Waals surface area contributed by atoms with E-state index >= 15 is 0 Å². The smallest absolute Gasteiger partial charge is 0.315 e. The van der Waals surface area contributed by atoms with Crippen molar-refractivity contribution in [3.63, 3.8) is 0 Å². The molecule has 3 rings (SSSR count). The topological polar surface area (TPSA) is 92.7 Å². The molecule has 0 saturated heterocycles. The van der Waals surface area contributed by atoms with E-state index in [1.165, 1.54) is 24.8 Å². The summed E-state index contributed by atoms with van der Waals surface area (Å²) < 4.78 is 32.9. The second kappa shape index (κ2) is 7.93. The highest BCUT2D eigenvalue weighted by molar-refractivity contribution is 7.89. The fourth-order valence-corrected chi connectivity index (χ4v) is 4.80. The molecular formula is C21H25NO5S. The number of carboxylic acid groups (broad SMARTS) is 1. The van der Waals surface area contributed by atoms with Crippen LogP contribution in [0.2, 0.25) is 0 Å². The summed E-state index contributed by atoms with van der Waals surface area (Å²) >= 11 is 0. The number of aliphatic carboxylic acids is 1. The zero-order chi connectivity index (χ0) is 20.4. The molecule has 0 radical (unpaired) electrons. The van der Waals surface area contributed by atoms with Crippen molar-refractivity contribution in [3.05, 3.63) is 59.2 Å². The van der Waals surface area contributed by atoms with Gasteiger partial charge in [0.1, 0.15) is 11.2 Å². The quantitative estimate of drug-likeness (QED) is 0.707. The summed E-state index contributed by atoms with van der Waals surface area (Å²) in [6, 6.07) is 11.7. The first-order valence-electron chi connectivity index (χ1n) is 9.32. The van der Waals surface area contributed by atoms with Gasteiger partial charge in [-0.2, -0.15) is 0 Å². The summed E-state index contributed by atoms with van der Waals surface area (Å²) in [6.07, 6.45) is 3.27. The first kappa shape index (κ1) is 20.4. The van der Waals surface area contributed by atoms with Crippen LogP contribution in [0.15, 0.2) is 47.4 Å². The normalized spacial score (nSPS) is 15.6. The molecule has 0 amide bonds. The molecule has 0 bridgehead atoms. The zero-order valence-corrected chi connectivity index (χ0v) is 16.9. The van der Waals surface area contributed by atoms with Gasteiger partial charge >= 0.3 is 5.97 Å². The molecule has 1 aliphatic carbocycles. The van der Waals surface area contributed by atoms with Crippen molar-refractivity contribution in [2.24, 2.45) is 0 Å². The van der Waals surface area contributed by atoms with Gasteiger partial charge < -0.3 is 9.84 Å². The number of hydrogen-bond donors (Lipinski definition) is 2. The van der Waals surface area contributed by atoms with Crippen LogP contribution in [0.5, 0.6) is 5.75 Å². The van der Waals surface area contributed by atoms with Crippen LogP contribution >= 0.6 is 0 Å². The lowest BCUT2D eigenvalue weighted by Crippen LogP contribution is -2.46. The Balaban J connectivity index is 1.89. The van der Waals surface area contributed by atoms with Gasteiger partial charge in [-0.25, -0.2) is 13.1 Å². The second-order valence-corrected chi connectivity index (χ2v) is 8.84. The predicted molar refractivity (Wildman–Crippen MR) is 106 cm³/mol. The Bertz CT molecular complexity index is 969. The Labute approximate surface area is 165 Å². The number of benzene rings is 2. The van der Waals surface area contributed by atoms with Crippen LogP contribution in [-0.2, 0) is 33.1 Å². The Morgan fingerprint density at radius 2 is 1.82 bits per heavy atom. The lowest BCUT2D eigenvalue weighted by molar-refractivity contribution is -0.143. The zero-order valence-electron chi connectivity index (χ0n) is 16.1. The Morgan fingerprint density at radius 1 is 1.14 bits per heavy atom. The van der Waals surface area contributed by atoms with Gasteiger partial charge in [-0.15, -0.1) is 0 Å². The first-order chi connectivity index (χ1) is 13.3. The van der Waals surface area contributed by atoms with Crippen molar-refractivity contribution in [2.45, 2.75) is 42.9 Å². The van der Waals surface area contributed by atoms with Gasteiger partial charge in [-0.3, -0.25) is 4.79 Å². The van der Waals surface area contributed by atoms with E-state index < -0.39 is 21.4 Å². The maximum absolute atomic E-state index is 12.7. The molecule has 1 aliphatic rings. The molecular weight excluding hydrogens is 378 g/mol. The number of carboxylic acids is 1. The van der Waals surface area contributed by atoms with Crippen LogP contribution in [0.1, 0.15) is 36.5 Å². The maximum atomic E-state index is 12.7. The molecule has 0 aromatic heterocycles. The average molecular weight is 404 g/mol. The molecule has 0 heterocycles. The highest BCUT2D eigenvalue weighted by atomic mass is 32.2. The van der Waals surface area contributed by atoms with E-state index in [0.29, 0.717) is 11.3 Å². The Kier molecular flexibility index (Phi) is 5.76. The number of ether oxygens (including phenoxy) is 1. The van der Waals surface area contributed by atoms with Gasteiger partial charge in [0.25, 0.3) is 0 Å². The monoisotopic (exact) mass is 403 g/mol. The Morgan fingerprint density at radius 3 is 2.43 bits per heavy atom. The van der Waals surface area contributed by atoms with E-state index in [4.69, 9.17) is 4.74 Å². The highest BCUT2D eigenvalue weighted by Gasteiger charge is 2.40. The highest BCUT2D eigenvalue weighted by Crippen LogP contribution is 2.33. The molecule has 1 unspecified atom stereocenters. The van der Waals surface area contributed by atoms with E-state index in [9.17, 15) is 18.3 Å². The lowest BCUT2D eigenvalue weighted by atomic mass is 9.77. The number of rotatable bonds is 8. The van der Waals surface area contributed by atoms with Crippen molar-refractivity contribution in [1.29, 1.82) is 0 Å². The van der Waals surface area contributed by atoms with E-state index in [1.54, 1.807) is 19.1 Å². The largest absolute Gasteiger partial charge is 0.497 e. The van der Waals surface area contributed by atoms with E-state index in [-0.39, 0.29) is 17.9 Å². The number of methoxy groups -OCH3 is 1. The van der Waals surface area contributed by atoms with E-state index in [0.717, 1.165) is 24.8 Å². The predicted octanol–water partition coefficient (Wildman–Crippen LogP) is 2.89. The van der Waals surface area contributed by atoms with E-state index in [1.807, 2.05) is 18.2 Å². The molecule has 2 N–H and O–H groups in total. The van der Waals surface area contributed by atoms with Crippen molar-refractivity contribution in [1.82, 2.24) is 4.72 Å². The number of fused-ring (bicyclic) bond motifs is 1. The third-order valence-electron chi connectivity index (χ3n) is 5.60. The molecule has 0 fully saturated rings. The number of sulfonamides is 1. The van der Waals surface area contributed by atoms with Crippen LogP contribution in [0.25, 0.3) is 0 Å². The van der Waals surface area contributed by atoms with Crippen LogP contribution in [0.4, 0.5) is 0 Å². The molecule has 0 aliphatic heterocycles. The van der Waals surface area contributed by atoms with Crippen molar-refractivity contribution >= 4 is 16.0 Å². The summed E-state index contributed by atoms with van der Waals surface area (Å²) in [5, 5.41) is 10.0. The summed E-state index contributed by atoms with van der Waals surface area (Å²) in [4.78, 5) is 12.3. The molecule has 1 atom stereocenters. The molecule has 7 heteroatoms. The van der Waals surface area contributed by atoms with Crippen molar-refractivity contribution < 1.29 is 23.1 Å². The fraction of sp³-hybridized carbons (Fsp3) is 0.381. The lowest BCUT2D eigenvalue weighted by Gasteiger charge is -2.29. The van der Waals surface area contributed by atoms with Crippen LogP contribution < -0.4 is 9.46 Å². The van der Waals surface area contributed by atoms with Gasteiger partial charge in [-0.05, 0) is 66.6 Å². The van der Waals surface area contributed by atoms with Crippen LogP contribution in [0, 0.1) is 0 Å². The minimum Gasteiger partial charge on any atom is -0.497 e. The van der Waals surface area contributed by atoms with Crippen molar-refractivity contribution in [2.75, 3.05) is 13.7 Å². The Hall–Kier alpha value is -2.38. The molecule has 150 valence electrons. The number of carbonyl (C=O) groups is 1. The SMILES string of the molecule is CCC(CNS(=O)(=O)c1ccc(OC)cc1)(C(=O)O)c1ccc2c(c1)CCC2. The summed E-state index contributed by atoms with van der Waals surface area (Å²) in [7, 11) is -2.35. The van der Waals surface area contributed by atoms with Gasteiger partial charge in [0.15, 0.2) is 0 Å². The van der Waals surface area contributed by atoms with Gasteiger partial charge in [0.05, 0.1) is 12.0 Å².